The van der Waals surface area contributed by atoms with Crippen LogP contribution in [0.3, 0.4) is 0 Å². The Bertz CT molecular complexity index is 319. The summed E-state index contributed by atoms with van der Waals surface area (Å²) >= 11 is 5.67. The van der Waals surface area contributed by atoms with Crippen LogP contribution in [0.15, 0.2) is 6.20 Å². The molecule has 1 fully saturated rings. The zero-order chi connectivity index (χ0) is 11.4. The highest BCUT2D eigenvalue weighted by Gasteiger charge is 2.13. The Kier molecular flexibility index (Phi) is 4.15. The third-order valence-corrected chi connectivity index (χ3v) is 3.24. The second-order valence-electron chi connectivity index (χ2n) is 4.25. The van der Waals surface area contributed by atoms with Gasteiger partial charge < -0.3 is 4.90 Å². The monoisotopic (exact) mass is 243 g/mol. The van der Waals surface area contributed by atoms with E-state index in [9.17, 15) is 0 Å². The number of likely N-dealkylation sites (N-methyl/N-ethyl adjacent to an activating group) is 1. The van der Waals surface area contributed by atoms with Crippen LogP contribution >= 0.6 is 11.6 Å². The van der Waals surface area contributed by atoms with Crippen LogP contribution in [-0.4, -0.2) is 64.6 Å². The molecule has 1 aliphatic heterocycles. The fourth-order valence-corrected chi connectivity index (χ4v) is 1.95. The highest BCUT2D eigenvalue weighted by atomic mass is 35.5. The predicted molar refractivity (Wildman–Crippen MR) is 63.5 cm³/mol. The SMILES string of the molecule is CN1CCN(CCn2cc(CCl)nn2)CC1. The van der Waals surface area contributed by atoms with E-state index in [0.29, 0.717) is 5.88 Å². The highest BCUT2D eigenvalue weighted by Crippen LogP contribution is 2.01. The molecular formula is C10H18ClN5. The normalized spacial score (nSPS) is 19.1. The number of aromatic nitrogens is 3. The third-order valence-electron chi connectivity index (χ3n) is 2.96. The Morgan fingerprint density at radius 3 is 2.62 bits per heavy atom. The summed E-state index contributed by atoms with van der Waals surface area (Å²) in [6.45, 7) is 6.54. The minimum atomic E-state index is 0.439. The van der Waals surface area contributed by atoms with Gasteiger partial charge in [0, 0.05) is 38.9 Å². The molecule has 0 bridgehead atoms. The van der Waals surface area contributed by atoms with Crippen molar-refractivity contribution in [3.63, 3.8) is 0 Å². The number of alkyl halides is 1. The maximum atomic E-state index is 5.67. The molecular weight excluding hydrogens is 226 g/mol. The molecule has 2 heterocycles. The summed E-state index contributed by atoms with van der Waals surface area (Å²) < 4.78 is 1.87. The first-order valence-corrected chi connectivity index (χ1v) is 6.17. The van der Waals surface area contributed by atoms with Gasteiger partial charge in [0.1, 0.15) is 0 Å². The zero-order valence-corrected chi connectivity index (χ0v) is 10.4. The molecule has 0 amide bonds. The molecule has 6 heteroatoms. The van der Waals surface area contributed by atoms with Crippen molar-refractivity contribution in [1.82, 2.24) is 24.8 Å². The van der Waals surface area contributed by atoms with Crippen molar-refractivity contribution < 1.29 is 0 Å². The number of nitrogens with zero attached hydrogens (tertiary/aromatic N) is 5. The average Bonchev–Trinajstić information content (AvgIpc) is 2.76. The minimum absolute atomic E-state index is 0.439. The van der Waals surface area contributed by atoms with Crippen LogP contribution in [0.2, 0.25) is 0 Å². The topological polar surface area (TPSA) is 37.2 Å². The summed E-state index contributed by atoms with van der Waals surface area (Å²) in [6, 6.07) is 0. The summed E-state index contributed by atoms with van der Waals surface area (Å²) in [5, 5.41) is 8.00. The lowest BCUT2D eigenvalue weighted by Gasteiger charge is -2.32. The standard InChI is InChI=1S/C10H18ClN5/c1-14-2-4-15(5-3-14)6-7-16-9-10(8-11)12-13-16/h9H,2-8H2,1H3. The Morgan fingerprint density at radius 1 is 1.25 bits per heavy atom. The van der Waals surface area contributed by atoms with Gasteiger partial charge in [-0.05, 0) is 7.05 Å². The molecule has 1 aromatic rings. The van der Waals surface area contributed by atoms with Crippen molar-refractivity contribution in [2.45, 2.75) is 12.4 Å². The first kappa shape index (κ1) is 11.8. The molecule has 0 N–H and O–H groups in total. The van der Waals surface area contributed by atoms with Gasteiger partial charge in [-0.3, -0.25) is 9.58 Å². The smallest absolute Gasteiger partial charge is 0.0974 e. The van der Waals surface area contributed by atoms with Crippen molar-refractivity contribution in [3.8, 4) is 0 Å². The molecule has 0 radical (unpaired) electrons. The molecule has 0 aliphatic carbocycles. The van der Waals surface area contributed by atoms with Gasteiger partial charge in [-0.2, -0.15) is 0 Å². The van der Waals surface area contributed by atoms with Crippen LogP contribution in [-0.2, 0) is 12.4 Å². The maximum absolute atomic E-state index is 5.67. The molecule has 1 aliphatic rings. The first-order valence-electron chi connectivity index (χ1n) is 5.64. The Balaban J connectivity index is 1.74. The highest BCUT2D eigenvalue weighted by molar-refractivity contribution is 6.16. The number of hydrogen-bond acceptors (Lipinski definition) is 4. The van der Waals surface area contributed by atoms with Gasteiger partial charge in [0.15, 0.2) is 0 Å². The van der Waals surface area contributed by atoms with Crippen molar-refractivity contribution in [2.75, 3.05) is 39.8 Å². The quantitative estimate of drug-likeness (QED) is 0.712. The summed E-state index contributed by atoms with van der Waals surface area (Å²) in [7, 11) is 2.17. The number of piperazine rings is 1. The van der Waals surface area contributed by atoms with Gasteiger partial charge in [0.2, 0.25) is 0 Å². The van der Waals surface area contributed by atoms with E-state index in [1.54, 1.807) is 0 Å². The third kappa shape index (κ3) is 3.17. The Labute approximate surface area is 101 Å². The summed E-state index contributed by atoms with van der Waals surface area (Å²) in [5.41, 5.74) is 0.847. The van der Waals surface area contributed by atoms with Crippen molar-refractivity contribution in [1.29, 1.82) is 0 Å². The maximum Gasteiger partial charge on any atom is 0.0974 e. The van der Waals surface area contributed by atoms with Crippen molar-refractivity contribution in [2.24, 2.45) is 0 Å². The number of hydrogen-bond donors (Lipinski definition) is 0. The van der Waals surface area contributed by atoms with Gasteiger partial charge in [0.25, 0.3) is 0 Å². The van der Waals surface area contributed by atoms with Crippen molar-refractivity contribution >= 4 is 11.6 Å². The summed E-state index contributed by atoms with van der Waals surface area (Å²) in [4.78, 5) is 4.82. The molecule has 0 unspecified atom stereocenters. The van der Waals surface area contributed by atoms with Crippen LogP contribution in [0.25, 0.3) is 0 Å². The van der Waals surface area contributed by atoms with E-state index in [1.807, 2.05) is 10.9 Å². The van der Waals surface area contributed by atoms with Crippen LogP contribution in [0.4, 0.5) is 0 Å². The van der Waals surface area contributed by atoms with Crippen molar-refractivity contribution in [3.05, 3.63) is 11.9 Å². The minimum Gasteiger partial charge on any atom is -0.304 e. The van der Waals surface area contributed by atoms with Gasteiger partial charge >= 0.3 is 0 Å². The molecule has 90 valence electrons. The van der Waals surface area contributed by atoms with E-state index in [-0.39, 0.29) is 0 Å². The van der Waals surface area contributed by atoms with Gasteiger partial charge in [-0.15, -0.1) is 16.7 Å². The van der Waals surface area contributed by atoms with E-state index in [0.717, 1.165) is 45.0 Å². The fraction of sp³-hybridized carbons (Fsp3) is 0.800. The molecule has 0 saturated carbocycles. The fourth-order valence-electron chi connectivity index (χ4n) is 1.82. The molecule has 1 aromatic heterocycles. The van der Waals surface area contributed by atoms with E-state index in [2.05, 4.69) is 27.2 Å². The molecule has 1 saturated heterocycles. The zero-order valence-electron chi connectivity index (χ0n) is 9.64. The predicted octanol–water partition coefficient (Wildman–Crippen LogP) is 0.264. The summed E-state index contributed by atoms with van der Waals surface area (Å²) in [5.74, 6) is 0.439. The van der Waals surface area contributed by atoms with Gasteiger partial charge in [-0.25, -0.2) is 0 Å². The molecule has 0 atom stereocenters. The van der Waals surface area contributed by atoms with Crippen LogP contribution in [0.5, 0.6) is 0 Å². The Morgan fingerprint density at radius 2 is 2.00 bits per heavy atom. The molecule has 0 spiro atoms. The summed E-state index contributed by atoms with van der Waals surface area (Å²) in [6.07, 6.45) is 1.92. The van der Waals surface area contributed by atoms with Crippen LogP contribution in [0, 0.1) is 0 Å². The Hall–Kier alpha value is -0.650. The lowest BCUT2D eigenvalue weighted by molar-refractivity contribution is 0.148. The molecule has 2 rings (SSSR count). The second kappa shape index (κ2) is 5.61. The van der Waals surface area contributed by atoms with E-state index in [4.69, 9.17) is 11.6 Å². The second-order valence-corrected chi connectivity index (χ2v) is 4.52. The van der Waals surface area contributed by atoms with Gasteiger partial charge in [-0.1, -0.05) is 5.21 Å². The average molecular weight is 244 g/mol. The molecule has 5 nitrogen and oxygen atoms in total. The van der Waals surface area contributed by atoms with E-state index >= 15 is 0 Å². The van der Waals surface area contributed by atoms with E-state index < -0.39 is 0 Å². The molecule has 0 aromatic carbocycles. The lowest BCUT2D eigenvalue weighted by Crippen LogP contribution is -2.45. The van der Waals surface area contributed by atoms with Crippen LogP contribution in [0.1, 0.15) is 5.69 Å². The lowest BCUT2D eigenvalue weighted by atomic mass is 10.3. The number of rotatable bonds is 4. The largest absolute Gasteiger partial charge is 0.304 e. The van der Waals surface area contributed by atoms with E-state index in [1.165, 1.54) is 0 Å². The van der Waals surface area contributed by atoms with Gasteiger partial charge in [0.05, 0.1) is 18.1 Å². The first-order chi connectivity index (χ1) is 7.78. The number of halogens is 1. The molecule has 16 heavy (non-hydrogen) atoms. The van der Waals surface area contributed by atoms with Crippen LogP contribution < -0.4 is 0 Å².